The van der Waals surface area contributed by atoms with E-state index in [1.54, 1.807) is 17.0 Å². The molecule has 1 aliphatic carbocycles. The zero-order valence-electron chi connectivity index (χ0n) is 18.5. The largest absolute Gasteiger partial charge is 0.415 e. The summed E-state index contributed by atoms with van der Waals surface area (Å²) in [6, 6.07) is 11.9. The van der Waals surface area contributed by atoms with Crippen molar-refractivity contribution in [3.05, 3.63) is 59.7 Å². The van der Waals surface area contributed by atoms with Gasteiger partial charge in [0.2, 0.25) is 12.3 Å². The number of benzene rings is 2. The van der Waals surface area contributed by atoms with Crippen molar-refractivity contribution >= 4 is 17.8 Å². The fourth-order valence-corrected chi connectivity index (χ4v) is 4.70. The molecule has 2 heterocycles. The van der Waals surface area contributed by atoms with Crippen molar-refractivity contribution in [3.8, 4) is 11.5 Å². The standard InChI is InChI=1S/C24H23F3N4O3/c1-30(11-16-7-6-15(8-18(16)25)22-28-29-23(34-22)21(26)27)19-4-2-3-5-20(19)31(14-32)17-9-24(10-17)12-33-13-24/h2-8,14,17,21H,9-13H2,1H3. The highest BCUT2D eigenvalue weighted by molar-refractivity contribution is 5.85. The molecule has 10 heteroatoms. The van der Waals surface area contributed by atoms with Crippen LogP contribution < -0.4 is 9.80 Å². The van der Waals surface area contributed by atoms with Crippen LogP contribution in [0, 0.1) is 11.2 Å². The van der Waals surface area contributed by atoms with Gasteiger partial charge in [-0.15, -0.1) is 10.2 Å². The molecule has 1 amide bonds. The zero-order valence-corrected chi connectivity index (χ0v) is 18.5. The van der Waals surface area contributed by atoms with Gasteiger partial charge >= 0.3 is 6.43 Å². The number of nitrogens with zero attached hydrogens (tertiary/aromatic N) is 4. The van der Waals surface area contributed by atoms with Gasteiger partial charge in [0.05, 0.1) is 24.6 Å². The van der Waals surface area contributed by atoms with E-state index in [1.807, 2.05) is 36.2 Å². The summed E-state index contributed by atoms with van der Waals surface area (Å²) >= 11 is 0. The van der Waals surface area contributed by atoms with Crippen molar-refractivity contribution in [2.45, 2.75) is 31.9 Å². The molecule has 3 aromatic rings. The SMILES string of the molecule is CN(Cc1ccc(-c2nnc(C(F)F)o2)cc1F)c1ccccc1N(C=O)C1CC2(COC2)C1. The Kier molecular flexibility index (Phi) is 5.76. The van der Waals surface area contributed by atoms with Gasteiger partial charge in [0, 0.05) is 36.2 Å². The van der Waals surface area contributed by atoms with E-state index in [4.69, 9.17) is 9.15 Å². The first-order valence-corrected chi connectivity index (χ1v) is 10.9. The van der Waals surface area contributed by atoms with Crippen LogP contribution >= 0.6 is 0 Å². The second kappa shape index (κ2) is 8.75. The van der Waals surface area contributed by atoms with Gasteiger partial charge in [-0.3, -0.25) is 4.79 Å². The third-order valence-corrected chi connectivity index (χ3v) is 6.57. The molecule has 34 heavy (non-hydrogen) atoms. The molecule has 0 N–H and O–H groups in total. The second-order valence-corrected chi connectivity index (χ2v) is 8.96. The van der Waals surface area contributed by atoms with E-state index >= 15 is 0 Å². The fourth-order valence-electron chi connectivity index (χ4n) is 4.70. The van der Waals surface area contributed by atoms with Crippen LogP contribution in [0.4, 0.5) is 24.5 Å². The smallest absolute Gasteiger partial charge is 0.314 e. The molecule has 0 radical (unpaired) electrons. The summed E-state index contributed by atoms with van der Waals surface area (Å²) in [5.41, 5.74) is 2.38. The van der Waals surface area contributed by atoms with Crippen LogP contribution in [-0.2, 0) is 16.1 Å². The number of rotatable bonds is 8. The Morgan fingerprint density at radius 3 is 2.47 bits per heavy atom. The number of halogens is 3. The number of ether oxygens (including phenoxy) is 1. The van der Waals surface area contributed by atoms with Crippen molar-refractivity contribution < 1.29 is 27.1 Å². The van der Waals surface area contributed by atoms with Gasteiger partial charge in [0.15, 0.2) is 0 Å². The summed E-state index contributed by atoms with van der Waals surface area (Å²) in [5, 5.41) is 6.83. The molecule has 1 aliphatic heterocycles. The summed E-state index contributed by atoms with van der Waals surface area (Å²) < 4.78 is 50.5. The minimum atomic E-state index is -2.89. The fraction of sp³-hybridized carbons (Fsp3) is 0.375. The molecule has 5 rings (SSSR count). The molecule has 2 aliphatic rings. The van der Waals surface area contributed by atoms with Gasteiger partial charge in [-0.1, -0.05) is 18.2 Å². The Bertz CT molecular complexity index is 1190. The number of carbonyl (C=O) groups excluding carboxylic acids is 1. The minimum absolute atomic E-state index is 0.111. The summed E-state index contributed by atoms with van der Waals surface area (Å²) in [4.78, 5) is 15.6. The number of hydrogen-bond acceptors (Lipinski definition) is 6. The van der Waals surface area contributed by atoms with E-state index in [2.05, 4.69) is 10.2 Å². The van der Waals surface area contributed by atoms with Crippen LogP contribution in [0.25, 0.3) is 11.5 Å². The molecule has 1 saturated heterocycles. The lowest BCUT2D eigenvalue weighted by atomic mass is 9.63. The van der Waals surface area contributed by atoms with Gasteiger partial charge in [0.25, 0.3) is 5.89 Å². The topological polar surface area (TPSA) is 71.7 Å². The Balaban J connectivity index is 1.33. The predicted octanol–water partition coefficient (Wildman–Crippen LogP) is 4.59. The average Bonchev–Trinajstić information content (AvgIpc) is 3.27. The normalized spacial score (nSPS) is 16.9. The molecule has 1 spiro atoms. The van der Waals surface area contributed by atoms with Crippen LogP contribution in [0.5, 0.6) is 0 Å². The number of hydrogen-bond donors (Lipinski definition) is 0. The van der Waals surface area contributed by atoms with E-state index in [9.17, 15) is 18.0 Å². The van der Waals surface area contributed by atoms with Gasteiger partial charge < -0.3 is 19.0 Å². The van der Waals surface area contributed by atoms with Crippen LogP contribution in [0.3, 0.4) is 0 Å². The van der Waals surface area contributed by atoms with Crippen LogP contribution in [0.2, 0.25) is 0 Å². The van der Waals surface area contributed by atoms with E-state index in [1.165, 1.54) is 6.07 Å². The summed E-state index contributed by atoms with van der Waals surface area (Å²) in [5.74, 6) is -1.51. The van der Waals surface area contributed by atoms with E-state index in [0.717, 1.165) is 43.8 Å². The molecule has 1 aromatic heterocycles. The summed E-state index contributed by atoms with van der Waals surface area (Å²) in [7, 11) is 1.82. The lowest BCUT2D eigenvalue weighted by Gasteiger charge is -2.55. The molecule has 178 valence electrons. The van der Waals surface area contributed by atoms with Gasteiger partial charge in [-0.05, 0) is 37.1 Å². The monoisotopic (exact) mass is 472 g/mol. The first-order chi connectivity index (χ1) is 16.4. The molecule has 0 atom stereocenters. The zero-order chi connectivity index (χ0) is 23.9. The highest BCUT2D eigenvalue weighted by atomic mass is 19.3. The Hall–Kier alpha value is -3.40. The lowest BCUT2D eigenvalue weighted by molar-refractivity contribution is -0.164. The predicted molar refractivity (Wildman–Crippen MR) is 118 cm³/mol. The molecule has 2 aromatic carbocycles. The lowest BCUT2D eigenvalue weighted by Crippen LogP contribution is -2.59. The summed E-state index contributed by atoms with van der Waals surface area (Å²) in [6.45, 7) is 1.73. The molecule has 2 fully saturated rings. The highest BCUT2D eigenvalue weighted by Crippen LogP contribution is 2.50. The van der Waals surface area contributed by atoms with E-state index < -0.39 is 18.1 Å². The van der Waals surface area contributed by atoms with Crippen molar-refractivity contribution in [3.63, 3.8) is 0 Å². The van der Waals surface area contributed by atoms with Crippen molar-refractivity contribution in [2.24, 2.45) is 5.41 Å². The van der Waals surface area contributed by atoms with Crippen molar-refractivity contribution in [2.75, 3.05) is 30.1 Å². The Labute approximate surface area is 194 Å². The minimum Gasteiger partial charge on any atom is -0.415 e. The number of anilines is 2. The summed E-state index contributed by atoms with van der Waals surface area (Å²) in [6.07, 6.45) is -0.222. The van der Waals surface area contributed by atoms with Crippen molar-refractivity contribution in [1.29, 1.82) is 0 Å². The molecular formula is C24H23F3N4O3. The van der Waals surface area contributed by atoms with Crippen LogP contribution in [0.1, 0.15) is 30.7 Å². The van der Waals surface area contributed by atoms with E-state index in [0.29, 0.717) is 5.56 Å². The molecule has 1 saturated carbocycles. The number of para-hydroxylation sites is 2. The number of carbonyl (C=O) groups is 1. The second-order valence-electron chi connectivity index (χ2n) is 8.96. The first-order valence-electron chi connectivity index (χ1n) is 10.9. The number of aromatic nitrogens is 2. The maximum Gasteiger partial charge on any atom is 0.314 e. The molecule has 0 unspecified atom stereocenters. The van der Waals surface area contributed by atoms with Gasteiger partial charge in [0.1, 0.15) is 5.82 Å². The maximum atomic E-state index is 14.9. The Morgan fingerprint density at radius 1 is 1.15 bits per heavy atom. The van der Waals surface area contributed by atoms with Crippen molar-refractivity contribution in [1.82, 2.24) is 10.2 Å². The molecule has 0 bridgehead atoms. The van der Waals surface area contributed by atoms with Crippen LogP contribution in [-0.4, -0.2) is 42.9 Å². The van der Waals surface area contributed by atoms with Gasteiger partial charge in [-0.25, -0.2) is 4.39 Å². The number of amides is 1. The quantitative estimate of drug-likeness (QED) is 0.447. The van der Waals surface area contributed by atoms with Gasteiger partial charge in [-0.2, -0.15) is 8.78 Å². The average molecular weight is 472 g/mol. The third-order valence-electron chi connectivity index (χ3n) is 6.57. The third kappa shape index (κ3) is 4.02. The van der Waals surface area contributed by atoms with E-state index in [-0.39, 0.29) is 29.5 Å². The molecular weight excluding hydrogens is 449 g/mol. The highest BCUT2D eigenvalue weighted by Gasteiger charge is 2.52. The number of alkyl halides is 2. The van der Waals surface area contributed by atoms with Crippen LogP contribution in [0.15, 0.2) is 46.9 Å². The first kappa shape index (κ1) is 22.4. The maximum absolute atomic E-state index is 14.9. The Morgan fingerprint density at radius 2 is 1.88 bits per heavy atom. The molecule has 7 nitrogen and oxygen atoms in total.